The van der Waals surface area contributed by atoms with E-state index in [-0.39, 0.29) is 5.70 Å². The fourth-order valence-electron chi connectivity index (χ4n) is 4.01. The number of methoxy groups -OCH3 is 1. The number of esters is 1. The number of carbonyl (C=O) groups is 1. The van der Waals surface area contributed by atoms with Gasteiger partial charge in [0.25, 0.3) is 0 Å². The van der Waals surface area contributed by atoms with Gasteiger partial charge in [-0.05, 0) is 75.2 Å². The van der Waals surface area contributed by atoms with Gasteiger partial charge >= 0.3 is 5.97 Å². The summed E-state index contributed by atoms with van der Waals surface area (Å²) in [7, 11) is 1.60. The van der Waals surface area contributed by atoms with Gasteiger partial charge in [0, 0.05) is 12.0 Å². The maximum Gasteiger partial charge on any atom is 0.363 e. The van der Waals surface area contributed by atoms with E-state index in [1.807, 2.05) is 72.8 Å². The zero-order chi connectivity index (χ0) is 25.6. The first-order valence-corrected chi connectivity index (χ1v) is 12.9. The second kappa shape index (κ2) is 11.4. The van der Waals surface area contributed by atoms with Crippen molar-refractivity contribution >= 4 is 40.5 Å². The second-order valence-electron chi connectivity index (χ2n) is 8.40. The number of halogens is 1. The van der Waals surface area contributed by atoms with Crippen molar-refractivity contribution in [3.8, 4) is 22.6 Å². The van der Waals surface area contributed by atoms with Gasteiger partial charge in [-0.3, -0.25) is 0 Å². The fourth-order valence-corrected chi connectivity index (χ4v) is 4.79. The van der Waals surface area contributed by atoms with E-state index in [4.69, 9.17) is 14.2 Å². The van der Waals surface area contributed by atoms with Gasteiger partial charge in [-0.1, -0.05) is 72.8 Å². The van der Waals surface area contributed by atoms with E-state index < -0.39 is 5.97 Å². The van der Waals surface area contributed by atoms with Crippen molar-refractivity contribution in [1.29, 1.82) is 0 Å². The molecule has 4 aromatic carbocycles. The average Bonchev–Trinajstić information content (AvgIpc) is 3.30. The summed E-state index contributed by atoms with van der Waals surface area (Å²) >= 11 is 2.22. The van der Waals surface area contributed by atoms with Crippen molar-refractivity contribution in [2.75, 3.05) is 13.7 Å². The zero-order valence-electron chi connectivity index (χ0n) is 20.2. The summed E-state index contributed by atoms with van der Waals surface area (Å²) in [5.41, 5.74) is 5.16. The maximum absolute atomic E-state index is 12.6. The molecule has 37 heavy (non-hydrogen) atoms. The van der Waals surface area contributed by atoms with Crippen molar-refractivity contribution in [3.63, 3.8) is 0 Å². The molecule has 0 radical (unpaired) electrons. The molecule has 1 aliphatic heterocycles. The van der Waals surface area contributed by atoms with E-state index in [9.17, 15) is 4.79 Å². The molecule has 4 aromatic rings. The minimum absolute atomic E-state index is 0.234. The first-order chi connectivity index (χ1) is 18.1. The molecule has 1 heterocycles. The number of hydrogen-bond acceptors (Lipinski definition) is 5. The molecule has 0 aliphatic carbocycles. The Morgan fingerprint density at radius 1 is 0.865 bits per heavy atom. The van der Waals surface area contributed by atoms with Gasteiger partial charge in [0.05, 0.1) is 17.3 Å². The van der Waals surface area contributed by atoms with Crippen LogP contribution in [0.4, 0.5) is 0 Å². The highest BCUT2D eigenvalue weighted by atomic mass is 127. The minimum Gasteiger partial charge on any atom is -0.493 e. The molecule has 0 bridgehead atoms. The van der Waals surface area contributed by atoms with Gasteiger partial charge in [-0.2, -0.15) is 0 Å². The standard InChI is InChI=1S/C31H24INO4/c1-35-28-20-22(18-26(32)29(28)36-17-16-21-8-4-2-5-9-21)19-27-31(34)37-30(33-27)25-14-12-24(13-15-25)23-10-6-3-7-11-23/h2-15,18-20H,16-17H2,1H3/b27-19-. The Labute approximate surface area is 229 Å². The summed E-state index contributed by atoms with van der Waals surface area (Å²) in [6, 6.07) is 31.9. The zero-order valence-corrected chi connectivity index (χ0v) is 22.3. The smallest absolute Gasteiger partial charge is 0.363 e. The number of rotatable bonds is 8. The monoisotopic (exact) mass is 601 g/mol. The lowest BCUT2D eigenvalue weighted by Gasteiger charge is -2.13. The molecule has 0 amide bonds. The highest BCUT2D eigenvalue weighted by Crippen LogP contribution is 2.35. The molecular weight excluding hydrogens is 577 g/mol. The summed E-state index contributed by atoms with van der Waals surface area (Å²) in [4.78, 5) is 17.0. The lowest BCUT2D eigenvalue weighted by atomic mass is 10.0. The van der Waals surface area contributed by atoms with Crippen molar-refractivity contribution in [2.24, 2.45) is 4.99 Å². The molecule has 0 unspecified atom stereocenters. The molecule has 0 saturated heterocycles. The van der Waals surface area contributed by atoms with Gasteiger partial charge in [0.1, 0.15) is 0 Å². The van der Waals surface area contributed by atoms with Crippen molar-refractivity contribution < 1.29 is 19.0 Å². The van der Waals surface area contributed by atoms with Crippen LogP contribution in [0.5, 0.6) is 11.5 Å². The van der Waals surface area contributed by atoms with E-state index >= 15 is 0 Å². The third-order valence-electron chi connectivity index (χ3n) is 5.89. The molecule has 6 heteroatoms. The van der Waals surface area contributed by atoms with E-state index in [1.54, 1.807) is 13.2 Å². The lowest BCUT2D eigenvalue weighted by Crippen LogP contribution is -2.05. The SMILES string of the molecule is COc1cc(/C=C2\N=C(c3ccc(-c4ccccc4)cc3)OC2=O)cc(I)c1OCCc1ccccc1. The first kappa shape index (κ1) is 24.8. The van der Waals surface area contributed by atoms with E-state index in [2.05, 4.69) is 51.8 Å². The number of benzene rings is 4. The third-order valence-corrected chi connectivity index (χ3v) is 6.70. The van der Waals surface area contributed by atoms with Crippen molar-refractivity contribution in [2.45, 2.75) is 6.42 Å². The summed E-state index contributed by atoms with van der Waals surface area (Å²) in [6.45, 7) is 0.528. The summed E-state index contributed by atoms with van der Waals surface area (Å²) in [6.07, 6.45) is 2.49. The topological polar surface area (TPSA) is 57.1 Å². The molecule has 0 saturated carbocycles. The van der Waals surface area contributed by atoms with E-state index in [1.165, 1.54) is 5.56 Å². The Hall–Kier alpha value is -3.91. The predicted molar refractivity (Wildman–Crippen MR) is 154 cm³/mol. The molecule has 0 aromatic heterocycles. The fraction of sp³-hybridized carbons (Fsp3) is 0.0968. The Kier molecular flexibility index (Phi) is 7.65. The molecule has 1 aliphatic rings. The van der Waals surface area contributed by atoms with Crippen LogP contribution in [0.3, 0.4) is 0 Å². The molecule has 0 atom stereocenters. The van der Waals surface area contributed by atoms with Crippen LogP contribution in [0.15, 0.2) is 108 Å². The van der Waals surface area contributed by atoms with Gasteiger partial charge in [-0.15, -0.1) is 0 Å². The highest BCUT2D eigenvalue weighted by Gasteiger charge is 2.24. The molecule has 0 fully saturated rings. The molecule has 0 N–H and O–H groups in total. The lowest BCUT2D eigenvalue weighted by molar-refractivity contribution is -0.129. The number of nitrogens with zero attached hydrogens (tertiary/aromatic N) is 1. The Bertz CT molecular complexity index is 1460. The molecular formula is C31H24INO4. The van der Waals surface area contributed by atoms with Crippen molar-refractivity contribution in [3.05, 3.63) is 123 Å². The van der Waals surface area contributed by atoms with Crippen LogP contribution in [-0.2, 0) is 16.0 Å². The van der Waals surface area contributed by atoms with Crippen molar-refractivity contribution in [1.82, 2.24) is 0 Å². The third kappa shape index (κ3) is 5.91. The van der Waals surface area contributed by atoms with Gasteiger partial charge in [0.15, 0.2) is 17.2 Å². The van der Waals surface area contributed by atoms with Crippen LogP contribution in [0, 0.1) is 3.57 Å². The Morgan fingerprint density at radius 3 is 2.22 bits per heavy atom. The Morgan fingerprint density at radius 2 is 1.51 bits per heavy atom. The number of ether oxygens (including phenoxy) is 3. The predicted octanol–water partition coefficient (Wildman–Crippen LogP) is 6.93. The maximum atomic E-state index is 12.6. The second-order valence-corrected chi connectivity index (χ2v) is 9.56. The van der Waals surface area contributed by atoms with Gasteiger partial charge in [0.2, 0.25) is 5.90 Å². The number of cyclic esters (lactones) is 1. The molecule has 0 spiro atoms. The summed E-state index contributed by atoms with van der Waals surface area (Å²) < 4.78 is 18.0. The normalized spacial score (nSPS) is 13.8. The summed E-state index contributed by atoms with van der Waals surface area (Å²) in [5, 5.41) is 0. The highest BCUT2D eigenvalue weighted by molar-refractivity contribution is 14.1. The molecule has 5 rings (SSSR count). The van der Waals surface area contributed by atoms with E-state index in [0.29, 0.717) is 24.0 Å². The van der Waals surface area contributed by atoms with Crippen LogP contribution in [0.2, 0.25) is 0 Å². The summed E-state index contributed by atoms with van der Waals surface area (Å²) in [5.74, 6) is 1.08. The number of carbonyl (C=O) groups excluding carboxylic acids is 1. The number of aliphatic imine (C=N–C) groups is 1. The first-order valence-electron chi connectivity index (χ1n) is 11.8. The van der Waals surface area contributed by atoms with Crippen LogP contribution in [-0.4, -0.2) is 25.6 Å². The van der Waals surface area contributed by atoms with Crippen LogP contribution in [0.1, 0.15) is 16.7 Å². The minimum atomic E-state index is -0.487. The number of hydrogen-bond donors (Lipinski definition) is 0. The van der Waals surface area contributed by atoms with E-state index in [0.717, 1.165) is 32.2 Å². The van der Waals surface area contributed by atoms with Crippen LogP contribution in [0.25, 0.3) is 17.2 Å². The van der Waals surface area contributed by atoms with Gasteiger partial charge in [-0.25, -0.2) is 9.79 Å². The van der Waals surface area contributed by atoms with Gasteiger partial charge < -0.3 is 14.2 Å². The van der Waals surface area contributed by atoms with Crippen LogP contribution >= 0.6 is 22.6 Å². The Balaban J connectivity index is 1.33. The van der Waals surface area contributed by atoms with Crippen LogP contribution < -0.4 is 9.47 Å². The molecule has 184 valence electrons. The average molecular weight is 601 g/mol. The quantitative estimate of drug-likeness (QED) is 0.125. The molecule has 5 nitrogen and oxygen atoms in total. The largest absolute Gasteiger partial charge is 0.493 e.